The highest BCUT2D eigenvalue weighted by Crippen LogP contribution is 2.08. The molecule has 0 aromatic heterocycles. The Bertz CT molecular complexity index is 187. The third kappa shape index (κ3) is 1.80. The zero-order valence-electron chi connectivity index (χ0n) is 6.89. The van der Waals surface area contributed by atoms with Crippen molar-refractivity contribution in [1.29, 1.82) is 0 Å². The zero-order chi connectivity index (χ0) is 8.27. The largest absolute Gasteiger partial charge is 0.468 e. The summed E-state index contributed by atoms with van der Waals surface area (Å²) in [7, 11) is 1.41. The standard InChI is InChI=1S/C8H13NO2/c1-6-4-3-5-9-7(6)8(10)11-2/h4,7,9H,3,5H2,1-2H3. The van der Waals surface area contributed by atoms with E-state index < -0.39 is 0 Å². The molecule has 0 radical (unpaired) electrons. The molecule has 1 N–H and O–H groups in total. The van der Waals surface area contributed by atoms with Gasteiger partial charge in [0.1, 0.15) is 6.04 Å². The molecule has 1 atom stereocenters. The van der Waals surface area contributed by atoms with Crippen LogP contribution in [-0.4, -0.2) is 25.7 Å². The summed E-state index contributed by atoms with van der Waals surface area (Å²) in [6, 6.07) is -0.214. The lowest BCUT2D eigenvalue weighted by molar-refractivity contribution is -0.142. The molecule has 0 saturated carbocycles. The second kappa shape index (κ2) is 3.53. The van der Waals surface area contributed by atoms with E-state index in [1.165, 1.54) is 7.11 Å². The van der Waals surface area contributed by atoms with Gasteiger partial charge in [0.2, 0.25) is 0 Å². The number of ether oxygens (including phenoxy) is 1. The zero-order valence-corrected chi connectivity index (χ0v) is 6.89. The first-order chi connectivity index (χ1) is 5.25. The molecule has 0 saturated heterocycles. The monoisotopic (exact) mass is 155 g/mol. The van der Waals surface area contributed by atoms with Gasteiger partial charge < -0.3 is 10.1 Å². The summed E-state index contributed by atoms with van der Waals surface area (Å²) in [6.07, 6.45) is 3.07. The van der Waals surface area contributed by atoms with E-state index in [0.29, 0.717) is 0 Å². The Labute approximate surface area is 66.4 Å². The molecule has 3 heteroatoms. The maximum atomic E-state index is 11.1. The van der Waals surface area contributed by atoms with Crippen molar-refractivity contribution in [2.24, 2.45) is 0 Å². The highest BCUT2D eigenvalue weighted by molar-refractivity contribution is 5.79. The quantitative estimate of drug-likeness (QED) is 0.442. The van der Waals surface area contributed by atoms with Crippen LogP contribution in [0.5, 0.6) is 0 Å². The van der Waals surface area contributed by atoms with Crippen molar-refractivity contribution in [1.82, 2.24) is 5.32 Å². The van der Waals surface area contributed by atoms with Crippen LogP contribution in [0.15, 0.2) is 11.6 Å². The van der Waals surface area contributed by atoms with Gasteiger partial charge >= 0.3 is 5.97 Å². The van der Waals surface area contributed by atoms with Crippen molar-refractivity contribution in [3.63, 3.8) is 0 Å². The normalized spacial score (nSPS) is 24.2. The van der Waals surface area contributed by atoms with Crippen LogP contribution in [0.1, 0.15) is 13.3 Å². The van der Waals surface area contributed by atoms with E-state index >= 15 is 0 Å². The van der Waals surface area contributed by atoms with Crippen LogP contribution in [0.25, 0.3) is 0 Å². The fourth-order valence-corrected chi connectivity index (χ4v) is 1.19. The molecule has 0 bridgehead atoms. The second-order valence-corrected chi connectivity index (χ2v) is 2.65. The molecule has 62 valence electrons. The van der Waals surface area contributed by atoms with E-state index in [1.807, 2.05) is 6.92 Å². The van der Waals surface area contributed by atoms with Crippen molar-refractivity contribution in [2.75, 3.05) is 13.7 Å². The maximum Gasteiger partial charge on any atom is 0.327 e. The molecule has 1 heterocycles. The predicted octanol–water partition coefficient (Wildman–Crippen LogP) is 0.468. The first kappa shape index (κ1) is 8.27. The van der Waals surface area contributed by atoms with E-state index in [4.69, 9.17) is 0 Å². The van der Waals surface area contributed by atoms with Gasteiger partial charge in [-0.1, -0.05) is 6.08 Å². The fraction of sp³-hybridized carbons (Fsp3) is 0.625. The minimum atomic E-state index is -0.214. The molecule has 1 aliphatic heterocycles. The first-order valence-electron chi connectivity index (χ1n) is 3.73. The number of methoxy groups -OCH3 is 1. The average Bonchev–Trinajstić information content (AvgIpc) is 2.04. The Balaban J connectivity index is 2.63. The van der Waals surface area contributed by atoms with Crippen molar-refractivity contribution in [2.45, 2.75) is 19.4 Å². The maximum absolute atomic E-state index is 11.1. The lowest BCUT2D eigenvalue weighted by Crippen LogP contribution is -2.41. The van der Waals surface area contributed by atoms with Gasteiger partial charge in [-0.2, -0.15) is 0 Å². The van der Waals surface area contributed by atoms with Crippen molar-refractivity contribution in [3.8, 4) is 0 Å². The van der Waals surface area contributed by atoms with Gasteiger partial charge in [-0.05, 0) is 25.5 Å². The van der Waals surface area contributed by atoms with Crippen LogP contribution >= 0.6 is 0 Å². The van der Waals surface area contributed by atoms with Crippen LogP contribution in [0, 0.1) is 0 Å². The van der Waals surface area contributed by atoms with Crippen molar-refractivity contribution < 1.29 is 9.53 Å². The lowest BCUT2D eigenvalue weighted by atomic mass is 10.0. The number of carbonyl (C=O) groups is 1. The van der Waals surface area contributed by atoms with E-state index in [9.17, 15) is 4.79 Å². The predicted molar refractivity (Wildman–Crippen MR) is 42.2 cm³/mol. The molecule has 0 aromatic carbocycles. The Hall–Kier alpha value is -0.830. The van der Waals surface area contributed by atoms with Gasteiger partial charge in [-0.3, -0.25) is 4.79 Å². The Morgan fingerprint density at radius 2 is 2.55 bits per heavy atom. The molecule has 1 rings (SSSR count). The SMILES string of the molecule is COC(=O)C1NCCC=C1C. The summed E-state index contributed by atoms with van der Waals surface area (Å²) in [5.41, 5.74) is 1.06. The third-order valence-electron chi connectivity index (χ3n) is 1.85. The minimum Gasteiger partial charge on any atom is -0.468 e. The van der Waals surface area contributed by atoms with Gasteiger partial charge in [0.05, 0.1) is 7.11 Å². The number of hydrogen-bond acceptors (Lipinski definition) is 3. The van der Waals surface area contributed by atoms with E-state index in [0.717, 1.165) is 18.5 Å². The molecule has 0 amide bonds. The van der Waals surface area contributed by atoms with Crippen LogP contribution in [-0.2, 0) is 9.53 Å². The summed E-state index contributed by atoms with van der Waals surface area (Å²) < 4.78 is 4.62. The summed E-state index contributed by atoms with van der Waals surface area (Å²) >= 11 is 0. The number of esters is 1. The highest BCUT2D eigenvalue weighted by atomic mass is 16.5. The first-order valence-corrected chi connectivity index (χ1v) is 3.73. The van der Waals surface area contributed by atoms with E-state index in [1.54, 1.807) is 0 Å². The molecular weight excluding hydrogens is 142 g/mol. The fourth-order valence-electron chi connectivity index (χ4n) is 1.19. The van der Waals surface area contributed by atoms with Gasteiger partial charge in [-0.15, -0.1) is 0 Å². The van der Waals surface area contributed by atoms with E-state index in [2.05, 4.69) is 16.1 Å². The van der Waals surface area contributed by atoms with Crippen LogP contribution in [0.3, 0.4) is 0 Å². The molecule has 0 aromatic rings. The lowest BCUT2D eigenvalue weighted by Gasteiger charge is -2.20. The minimum absolute atomic E-state index is 0.196. The molecule has 1 aliphatic rings. The molecule has 0 spiro atoms. The molecular formula is C8H13NO2. The molecule has 0 fully saturated rings. The smallest absolute Gasteiger partial charge is 0.327 e. The van der Waals surface area contributed by atoms with E-state index in [-0.39, 0.29) is 12.0 Å². The van der Waals surface area contributed by atoms with Gasteiger partial charge in [0, 0.05) is 0 Å². The summed E-state index contributed by atoms with van der Waals surface area (Å²) in [5.74, 6) is -0.196. The number of hydrogen-bond donors (Lipinski definition) is 1. The van der Waals surface area contributed by atoms with Gasteiger partial charge in [0.25, 0.3) is 0 Å². The summed E-state index contributed by atoms with van der Waals surface area (Å²) in [5, 5.41) is 3.08. The number of carbonyl (C=O) groups excluding carboxylic acids is 1. The Kier molecular flexibility index (Phi) is 2.65. The van der Waals surface area contributed by atoms with Crippen LogP contribution < -0.4 is 5.32 Å². The molecule has 11 heavy (non-hydrogen) atoms. The molecule has 1 unspecified atom stereocenters. The van der Waals surface area contributed by atoms with Gasteiger partial charge in [-0.25, -0.2) is 0 Å². The molecule has 0 aliphatic carbocycles. The second-order valence-electron chi connectivity index (χ2n) is 2.65. The van der Waals surface area contributed by atoms with Crippen molar-refractivity contribution in [3.05, 3.63) is 11.6 Å². The number of nitrogens with one attached hydrogen (secondary N) is 1. The van der Waals surface area contributed by atoms with Crippen molar-refractivity contribution >= 4 is 5.97 Å². The van der Waals surface area contributed by atoms with Gasteiger partial charge in [0.15, 0.2) is 0 Å². The Morgan fingerprint density at radius 1 is 1.82 bits per heavy atom. The van der Waals surface area contributed by atoms with Crippen LogP contribution in [0.2, 0.25) is 0 Å². The topological polar surface area (TPSA) is 38.3 Å². The third-order valence-corrected chi connectivity index (χ3v) is 1.85. The summed E-state index contributed by atoms with van der Waals surface area (Å²) in [6.45, 7) is 2.80. The van der Waals surface area contributed by atoms with Crippen LogP contribution in [0.4, 0.5) is 0 Å². The Morgan fingerprint density at radius 3 is 3.09 bits per heavy atom. The molecule has 3 nitrogen and oxygen atoms in total. The summed E-state index contributed by atoms with van der Waals surface area (Å²) in [4.78, 5) is 11.1. The number of rotatable bonds is 1. The highest BCUT2D eigenvalue weighted by Gasteiger charge is 2.21. The average molecular weight is 155 g/mol.